The minimum atomic E-state index is -1.44. The van der Waals surface area contributed by atoms with E-state index >= 15 is 0 Å². The largest absolute Gasteiger partial charge is 0.388 e. The number of benzene rings is 1. The van der Waals surface area contributed by atoms with Gasteiger partial charge in [-0.3, -0.25) is 14.6 Å². The van der Waals surface area contributed by atoms with Gasteiger partial charge >= 0.3 is 0 Å². The summed E-state index contributed by atoms with van der Waals surface area (Å²) in [6.45, 7) is 3.44. The highest BCUT2D eigenvalue weighted by Gasteiger charge is 2.27. The molecule has 0 bridgehead atoms. The molecule has 0 aliphatic rings. The van der Waals surface area contributed by atoms with E-state index in [1.807, 2.05) is 30.3 Å². The number of carbonyl (C=O) groups excluding carboxylic acids is 2. The fourth-order valence-corrected chi connectivity index (χ4v) is 2.40. The Morgan fingerprint density at radius 1 is 1.07 bits per heavy atom. The van der Waals surface area contributed by atoms with Crippen molar-refractivity contribution in [1.82, 2.24) is 20.6 Å². The standard InChI is InChI=1S/C19H24N4O4/c1-12(2)16(24)19(27)23-17(25)14(10-13-6-4-3-5-7-13)22-18(26)15-11-20-8-9-21-15/h3-9,11-12,14,16,19,24,27H,10H2,1-2H3,(H,22,26)(H,23,25)/t14-,16+,19-/m0/s1. The number of nitrogens with zero attached hydrogens (tertiary/aromatic N) is 2. The SMILES string of the molecule is CC(C)[C@@H](O)[C@H](O)NC(=O)[C@H](Cc1ccccc1)NC(=O)c1cnccn1. The van der Waals surface area contributed by atoms with Gasteiger partial charge in [-0.1, -0.05) is 44.2 Å². The number of rotatable bonds is 8. The van der Waals surface area contributed by atoms with Gasteiger partial charge in [-0.05, 0) is 11.5 Å². The highest BCUT2D eigenvalue weighted by Crippen LogP contribution is 2.07. The van der Waals surface area contributed by atoms with E-state index in [0.29, 0.717) is 0 Å². The molecule has 2 amide bonds. The summed E-state index contributed by atoms with van der Waals surface area (Å²) >= 11 is 0. The first-order valence-corrected chi connectivity index (χ1v) is 8.65. The van der Waals surface area contributed by atoms with Crippen LogP contribution in [0.4, 0.5) is 0 Å². The van der Waals surface area contributed by atoms with Gasteiger partial charge in [-0.2, -0.15) is 0 Å². The number of hydrogen-bond acceptors (Lipinski definition) is 6. The van der Waals surface area contributed by atoms with E-state index in [9.17, 15) is 19.8 Å². The summed E-state index contributed by atoms with van der Waals surface area (Å²) in [7, 11) is 0. The third kappa shape index (κ3) is 6.12. The number of aliphatic hydroxyl groups is 2. The van der Waals surface area contributed by atoms with Gasteiger partial charge in [0.15, 0.2) is 6.23 Å². The quantitative estimate of drug-likeness (QED) is 0.493. The van der Waals surface area contributed by atoms with Crippen molar-refractivity contribution in [1.29, 1.82) is 0 Å². The first-order valence-electron chi connectivity index (χ1n) is 8.65. The summed E-state index contributed by atoms with van der Waals surface area (Å²) in [5.74, 6) is -1.41. The van der Waals surface area contributed by atoms with E-state index in [0.717, 1.165) is 5.56 Å². The molecule has 0 aliphatic heterocycles. The van der Waals surface area contributed by atoms with Crippen LogP contribution in [-0.4, -0.2) is 50.4 Å². The van der Waals surface area contributed by atoms with E-state index in [1.165, 1.54) is 18.6 Å². The van der Waals surface area contributed by atoms with E-state index < -0.39 is 30.2 Å². The van der Waals surface area contributed by atoms with Crippen LogP contribution in [0.3, 0.4) is 0 Å². The molecule has 0 fully saturated rings. The Morgan fingerprint density at radius 3 is 2.37 bits per heavy atom. The van der Waals surface area contributed by atoms with Crippen LogP contribution in [0.1, 0.15) is 29.9 Å². The zero-order valence-corrected chi connectivity index (χ0v) is 15.2. The zero-order valence-electron chi connectivity index (χ0n) is 15.2. The van der Waals surface area contributed by atoms with Gasteiger partial charge in [0.1, 0.15) is 17.8 Å². The van der Waals surface area contributed by atoms with Crippen molar-refractivity contribution in [3.8, 4) is 0 Å². The van der Waals surface area contributed by atoms with Crippen molar-refractivity contribution < 1.29 is 19.8 Å². The summed E-state index contributed by atoms with van der Waals surface area (Å²) < 4.78 is 0. The second-order valence-corrected chi connectivity index (χ2v) is 6.49. The Balaban J connectivity index is 2.13. The molecule has 0 saturated carbocycles. The van der Waals surface area contributed by atoms with Crippen LogP contribution in [-0.2, 0) is 11.2 Å². The maximum absolute atomic E-state index is 12.6. The summed E-state index contributed by atoms with van der Waals surface area (Å²) in [5, 5.41) is 24.9. The molecule has 2 rings (SSSR count). The van der Waals surface area contributed by atoms with Crippen LogP contribution >= 0.6 is 0 Å². The maximum atomic E-state index is 12.6. The Morgan fingerprint density at radius 2 is 1.78 bits per heavy atom. The topological polar surface area (TPSA) is 124 Å². The number of hydrogen-bond donors (Lipinski definition) is 4. The zero-order chi connectivity index (χ0) is 19.8. The molecule has 4 N–H and O–H groups in total. The molecule has 1 aromatic heterocycles. The lowest BCUT2D eigenvalue weighted by Gasteiger charge is -2.25. The first-order chi connectivity index (χ1) is 12.9. The molecule has 0 saturated heterocycles. The molecule has 8 heteroatoms. The molecule has 0 spiro atoms. The van der Waals surface area contributed by atoms with Crippen LogP contribution in [0.15, 0.2) is 48.9 Å². The summed E-state index contributed by atoms with van der Waals surface area (Å²) in [6.07, 6.45) is 1.76. The van der Waals surface area contributed by atoms with E-state index in [-0.39, 0.29) is 18.0 Å². The van der Waals surface area contributed by atoms with E-state index in [1.54, 1.807) is 13.8 Å². The fraction of sp³-hybridized carbons (Fsp3) is 0.368. The van der Waals surface area contributed by atoms with E-state index in [2.05, 4.69) is 20.6 Å². The monoisotopic (exact) mass is 372 g/mol. The van der Waals surface area contributed by atoms with Crippen molar-refractivity contribution in [2.24, 2.45) is 5.92 Å². The Labute approximate surface area is 157 Å². The van der Waals surface area contributed by atoms with Crippen LogP contribution in [0, 0.1) is 5.92 Å². The second kappa shape index (κ2) is 9.75. The number of aromatic nitrogens is 2. The molecule has 8 nitrogen and oxygen atoms in total. The maximum Gasteiger partial charge on any atom is 0.272 e. The minimum Gasteiger partial charge on any atom is -0.388 e. The molecule has 3 atom stereocenters. The lowest BCUT2D eigenvalue weighted by atomic mass is 10.0. The normalized spacial score (nSPS) is 14.3. The van der Waals surface area contributed by atoms with Crippen molar-refractivity contribution >= 4 is 11.8 Å². The third-order valence-electron chi connectivity index (χ3n) is 4.00. The predicted molar refractivity (Wildman–Crippen MR) is 98.4 cm³/mol. The number of nitrogens with one attached hydrogen (secondary N) is 2. The molecular formula is C19H24N4O4. The average molecular weight is 372 g/mol. The summed E-state index contributed by atoms with van der Waals surface area (Å²) in [5.41, 5.74) is 0.905. The van der Waals surface area contributed by atoms with Gasteiger partial charge in [0, 0.05) is 18.8 Å². The third-order valence-corrected chi connectivity index (χ3v) is 4.00. The number of amides is 2. The second-order valence-electron chi connectivity index (χ2n) is 6.49. The van der Waals surface area contributed by atoms with Gasteiger partial charge in [-0.15, -0.1) is 0 Å². The lowest BCUT2D eigenvalue weighted by molar-refractivity contribution is -0.129. The smallest absolute Gasteiger partial charge is 0.272 e. The molecule has 27 heavy (non-hydrogen) atoms. The molecule has 0 unspecified atom stereocenters. The molecule has 0 radical (unpaired) electrons. The van der Waals surface area contributed by atoms with Crippen molar-refractivity contribution in [2.75, 3.05) is 0 Å². The van der Waals surface area contributed by atoms with Crippen LogP contribution in [0.25, 0.3) is 0 Å². The van der Waals surface area contributed by atoms with Gasteiger partial charge < -0.3 is 20.8 Å². The summed E-state index contributed by atoms with van der Waals surface area (Å²) in [4.78, 5) is 32.7. The van der Waals surface area contributed by atoms with Gasteiger partial charge in [-0.25, -0.2) is 4.98 Å². The molecular weight excluding hydrogens is 348 g/mol. The van der Waals surface area contributed by atoms with Gasteiger partial charge in [0.2, 0.25) is 5.91 Å². The molecule has 144 valence electrons. The summed E-state index contributed by atoms with van der Waals surface area (Å²) in [6, 6.07) is 8.19. The molecule has 0 aliphatic carbocycles. The molecule has 1 heterocycles. The van der Waals surface area contributed by atoms with Crippen molar-refractivity contribution in [3.05, 3.63) is 60.2 Å². The van der Waals surface area contributed by atoms with Gasteiger partial charge in [0.05, 0.1) is 6.20 Å². The Kier molecular flexibility index (Phi) is 7.39. The van der Waals surface area contributed by atoms with Gasteiger partial charge in [0.25, 0.3) is 5.91 Å². The van der Waals surface area contributed by atoms with E-state index in [4.69, 9.17) is 0 Å². The first kappa shape index (κ1) is 20.5. The molecule has 2 aromatic rings. The number of carbonyl (C=O) groups is 2. The molecule has 1 aromatic carbocycles. The lowest BCUT2D eigenvalue weighted by Crippen LogP contribution is -2.54. The highest BCUT2D eigenvalue weighted by atomic mass is 16.3. The Bertz CT molecular complexity index is 740. The van der Waals surface area contributed by atoms with Crippen molar-refractivity contribution in [2.45, 2.75) is 38.6 Å². The van der Waals surface area contributed by atoms with Crippen LogP contribution < -0.4 is 10.6 Å². The van der Waals surface area contributed by atoms with Crippen LogP contribution in [0.2, 0.25) is 0 Å². The fourth-order valence-electron chi connectivity index (χ4n) is 2.40. The predicted octanol–water partition coefficient (Wildman–Crippen LogP) is 0.269. The highest BCUT2D eigenvalue weighted by molar-refractivity contribution is 5.96. The number of aliphatic hydroxyl groups excluding tert-OH is 2. The average Bonchev–Trinajstić information content (AvgIpc) is 2.68. The minimum absolute atomic E-state index is 0.0751. The Hall–Kier alpha value is -2.84. The van der Waals surface area contributed by atoms with Crippen LogP contribution in [0.5, 0.6) is 0 Å². The van der Waals surface area contributed by atoms with Crippen molar-refractivity contribution in [3.63, 3.8) is 0 Å².